The van der Waals surface area contributed by atoms with Crippen molar-refractivity contribution in [2.24, 2.45) is 5.92 Å². The average molecular weight is 448 g/mol. The third-order valence-electron chi connectivity index (χ3n) is 6.65. The number of ether oxygens (including phenoxy) is 1. The second-order valence-corrected chi connectivity index (χ2v) is 9.05. The summed E-state index contributed by atoms with van der Waals surface area (Å²) in [5, 5.41) is 5.58. The number of hydrogen-bond donors (Lipinski definition) is 2. The Labute approximate surface area is 184 Å². The highest BCUT2D eigenvalue weighted by Crippen LogP contribution is 2.45. The third-order valence-corrected chi connectivity index (χ3v) is 7.74. The first kappa shape index (κ1) is 21.2. The summed E-state index contributed by atoms with van der Waals surface area (Å²) < 4.78 is 7.59. The van der Waals surface area contributed by atoms with Gasteiger partial charge in [0.05, 0.1) is 12.6 Å². The molecule has 1 aliphatic heterocycles. The number of aromatic nitrogens is 2. The predicted octanol–water partition coefficient (Wildman–Crippen LogP) is 3.20. The Morgan fingerprint density at radius 1 is 1.30 bits per heavy atom. The van der Waals surface area contributed by atoms with Crippen LogP contribution in [0.3, 0.4) is 0 Å². The molecule has 1 aromatic carbocycles. The van der Waals surface area contributed by atoms with Gasteiger partial charge in [-0.15, -0.1) is 23.7 Å². The molecule has 5 rings (SSSR count). The number of benzene rings is 1. The molecule has 1 aliphatic carbocycles. The molecular weight excluding hydrogens is 422 g/mol. The first-order valence-electron chi connectivity index (χ1n) is 10.2. The molecule has 2 N–H and O–H groups in total. The second-order valence-electron chi connectivity index (χ2n) is 8.17. The van der Waals surface area contributed by atoms with Gasteiger partial charge in [0, 0.05) is 18.5 Å². The van der Waals surface area contributed by atoms with E-state index in [1.807, 2.05) is 18.4 Å². The zero-order chi connectivity index (χ0) is 20.1. The van der Waals surface area contributed by atoms with Crippen LogP contribution in [0.2, 0.25) is 0 Å². The fourth-order valence-electron chi connectivity index (χ4n) is 5.22. The van der Waals surface area contributed by atoms with E-state index in [1.165, 1.54) is 27.0 Å². The van der Waals surface area contributed by atoms with Crippen molar-refractivity contribution in [3.63, 3.8) is 0 Å². The lowest BCUT2D eigenvalue weighted by atomic mass is 9.73. The molecule has 3 atom stereocenters. The fraction of sp³-hybridized carbons (Fsp3) is 0.455. The van der Waals surface area contributed by atoms with E-state index in [4.69, 9.17) is 4.74 Å². The molecule has 2 aliphatic rings. The Kier molecular flexibility index (Phi) is 5.79. The van der Waals surface area contributed by atoms with Crippen molar-refractivity contribution in [2.45, 2.75) is 44.7 Å². The lowest BCUT2D eigenvalue weighted by molar-refractivity contribution is 0.371. The minimum Gasteiger partial charge on any atom is -0.496 e. The maximum atomic E-state index is 12.8. The Hall–Kier alpha value is -2.09. The van der Waals surface area contributed by atoms with Gasteiger partial charge < -0.3 is 15.0 Å². The number of rotatable bonds is 4. The van der Waals surface area contributed by atoms with Gasteiger partial charge in [0.15, 0.2) is 0 Å². The van der Waals surface area contributed by atoms with Gasteiger partial charge in [-0.2, -0.15) is 0 Å². The highest BCUT2D eigenvalue weighted by molar-refractivity contribution is 7.17. The van der Waals surface area contributed by atoms with E-state index in [0.29, 0.717) is 28.6 Å². The Morgan fingerprint density at radius 2 is 2.13 bits per heavy atom. The predicted molar refractivity (Wildman–Crippen MR) is 123 cm³/mol. The number of aryl methyl sites for hydroxylation is 1. The molecule has 8 heteroatoms. The van der Waals surface area contributed by atoms with Crippen LogP contribution in [-0.4, -0.2) is 29.2 Å². The molecule has 1 saturated heterocycles. The van der Waals surface area contributed by atoms with Crippen LogP contribution in [0.25, 0.3) is 10.2 Å². The van der Waals surface area contributed by atoms with E-state index in [2.05, 4.69) is 22.4 Å². The molecule has 6 nitrogen and oxygen atoms in total. The number of hydrogen-bond acceptors (Lipinski definition) is 5. The molecule has 3 aromatic rings. The summed E-state index contributed by atoms with van der Waals surface area (Å²) in [6, 6.07) is 6.57. The number of nitrogens with one attached hydrogen (secondary N) is 2. The number of methoxy groups -OCH3 is 1. The summed E-state index contributed by atoms with van der Waals surface area (Å²) >= 11 is 1.40. The topological polar surface area (TPSA) is 76.1 Å². The average Bonchev–Trinajstić information content (AvgIpc) is 3.31. The van der Waals surface area contributed by atoms with E-state index in [0.717, 1.165) is 37.1 Å². The molecule has 0 amide bonds. The first-order valence-corrected chi connectivity index (χ1v) is 11.1. The van der Waals surface area contributed by atoms with E-state index in [-0.39, 0.29) is 29.7 Å². The molecule has 1 unspecified atom stereocenters. The zero-order valence-electron chi connectivity index (χ0n) is 17.1. The molecule has 3 heterocycles. The van der Waals surface area contributed by atoms with E-state index >= 15 is 0 Å². The van der Waals surface area contributed by atoms with Crippen molar-refractivity contribution < 1.29 is 4.74 Å². The minimum absolute atomic E-state index is 0. The minimum atomic E-state index is -0.315. The largest absolute Gasteiger partial charge is 0.496 e. The summed E-state index contributed by atoms with van der Waals surface area (Å²) in [7, 11) is 1.73. The van der Waals surface area contributed by atoms with Gasteiger partial charge in [-0.3, -0.25) is 9.36 Å². The fourth-order valence-corrected chi connectivity index (χ4v) is 6.17. The monoisotopic (exact) mass is 447 g/mol. The summed E-state index contributed by atoms with van der Waals surface area (Å²) in [6.45, 7) is 3.32. The number of halogens is 1. The van der Waals surface area contributed by atoms with Crippen molar-refractivity contribution in [1.82, 2.24) is 14.9 Å². The Balaban J connectivity index is 0.00000218. The van der Waals surface area contributed by atoms with Gasteiger partial charge >= 0.3 is 5.69 Å². The molecule has 0 saturated carbocycles. The summed E-state index contributed by atoms with van der Waals surface area (Å²) in [6.07, 6.45) is 2.93. The number of nitrogens with zero attached hydrogens (tertiary/aromatic N) is 1. The van der Waals surface area contributed by atoms with Crippen LogP contribution >= 0.6 is 23.7 Å². The smallest absolute Gasteiger partial charge is 0.328 e. The summed E-state index contributed by atoms with van der Waals surface area (Å²) in [4.78, 5) is 28.3. The molecule has 30 heavy (non-hydrogen) atoms. The van der Waals surface area contributed by atoms with Crippen molar-refractivity contribution in [1.29, 1.82) is 0 Å². The quantitative estimate of drug-likeness (QED) is 0.644. The molecule has 160 valence electrons. The standard InChI is InChI=1S/C22H25N3O3S.ClH/c1-12-11-29-20-19(12)24-22(27)25(21(20)26)9-8-16-18-13(10-23-16)6-7-14-15(18)4-3-5-17(14)28-2;/h3-5,11,13,16,18,23H,6-10H2,1-2H3,(H,24,27);1H/t13-,16?,18+;/m0./s1. The SMILES string of the molecule is COc1cccc2c1CC[C@H]1CNC(CCn3c(=O)[nH]c4c(C)csc4c3=O)[C@@H]21.Cl. The van der Waals surface area contributed by atoms with E-state index in [1.54, 1.807) is 7.11 Å². The van der Waals surface area contributed by atoms with E-state index < -0.39 is 0 Å². The van der Waals surface area contributed by atoms with Crippen molar-refractivity contribution in [3.8, 4) is 5.75 Å². The molecule has 2 aromatic heterocycles. The van der Waals surface area contributed by atoms with Gasteiger partial charge in [0.2, 0.25) is 0 Å². The highest BCUT2D eigenvalue weighted by atomic mass is 35.5. The lowest BCUT2D eigenvalue weighted by Crippen LogP contribution is -2.37. The van der Waals surface area contributed by atoms with Gasteiger partial charge in [-0.05, 0) is 66.8 Å². The molecule has 0 bridgehead atoms. The van der Waals surface area contributed by atoms with Gasteiger partial charge in [0.25, 0.3) is 5.56 Å². The normalized spacial score (nSPS) is 22.4. The zero-order valence-corrected chi connectivity index (χ0v) is 18.7. The van der Waals surface area contributed by atoms with Crippen LogP contribution in [0.5, 0.6) is 5.75 Å². The summed E-state index contributed by atoms with van der Waals surface area (Å²) in [5.74, 6) is 1.96. The van der Waals surface area contributed by atoms with Crippen LogP contribution in [-0.2, 0) is 13.0 Å². The van der Waals surface area contributed by atoms with Crippen LogP contribution in [0, 0.1) is 12.8 Å². The van der Waals surface area contributed by atoms with Gasteiger partial charge in [0.1, 0.15) is 10.4 Å². The second kappa shape index (κ2) is 8.21. The maximum Gasteiger partial charge on any atom is 0.328 e. The Bertz CT molecular complexity index is 1200. The molecule has 1 fully saturated rings. The third kappa shape index (κ3) is 3.29. The van der Waals surface area contributed by atoms with Crippen molar-refractivity contribution >= 4 is 34.0 Å². The number of fused-ring (bicyclic) bond motifs is 4. The van der Waals surface area contributed by atoms with Gasteiger partial charge in [-0.1, -0.05) is 12.1 Å². The summed E-state index contributed by atoms with van der Waals surface area (Å²) in [5.41, 5.74) is 3.80. The number of thiophene rings is 1. The number of H-pyrrole nitrogens is 1. The lowest BCUT2D eigenvalue weighted by Gasteiger charge is -2.32. The number of aromatic amines is 1. The van der Waals surface area contributed by atoms with Crippen LogP contribution in [0.4, 0.5) is 0 Å². The Morgan fingerprint density at radius 3 is 2.93 bits per heavy atom. The highest BCUT2D eigenvalue weighted by Gasteiger charge is 2.40. The van der Waals surface area contributed by atoms with Crippen molar-refractivity contribution in [3.05, 3.63) is 61.1 Å². The van der Waals surface area contributed by atoms with Gasteiger partial charge in [-0.25, -0.2) is 4.79 Å². The van der Waals surface area contributed by atoms with Crippen LogP contribution < -0.4 is 21.3 Å². The van der Waals surface area contributed by atoms with Crippen molar-refractivity contribution in [2.75, 3.05) is 13.7 Å². The van der Waals surface area contributed by atoms with Crippen LogP contribution in [0.1, 0.15) is 35.4 Å². The maximum absolute atomic E-state index is 12.8. The molecule has 0 radical (unpaired) electrons. The molecule has 0 spiro atoms. The van der Waals surface area contributed by atoms with Crippen LogP contribution in [0.15, 0.2) is 33.2 Å². The van der Waals surface area contributed by atoms with E-state index in [9.17, 15) is 9.59 Å². The first-order chi connectivity index (χ1) is 14.1. The molecular formula is C22H26ClN3O3S.